The van der Waals surface area contributed by atoms with Gasteiger partial charge in [0, 0.05) is 30.9 Å². The van der Waals surface area contributed by atoms with Crippen LogP contribution in [0.3, 0.4) is 0 Å². The number of nitrogens with one attached hydrogen (secondary N) is 1. The molecule has 0 radical (unpaired) electrons. The summed E-state index contributed by atoms with van der Waals surface area (Å²) in [5.74, 6) is 1.36. The topological polar surface area (TPSA) is 52.6 Å². The average Bonchev–Trinajstić information content (AvgIpc) is 2.75. The van der Waals surface area contributed by atoms with Gasteiger partial charge in [-0.3, -0.25) is 0 Å². The quantitative estimate of drug-likeness (QED) is 0.433. The summed E-state index contributed by atoms with van der Waals surface area (Å²) in [5, 5.41) is 3.65. The molecule has 0 saturated carbocycles. The second-order valence-corrected chi connectivity index (χ2v) is 6.80. The standard InChI is InChI=1S/C23H24ClFN2O3/c1-2-28-22-14-17(15-26-12-13-29-23-8-3-4-11-27-23)9-10-21(22)30-16-18-19(24)6-5-7-20(18)25/h3-11,14,26H,2,12-13,15-16H2,1H3. The molecule has 2 aromatic carbocycles. The number of rotatable bonds is 11. The first kappa shape index (κ1) is 21.9. The Morgan fingerprint density at radius 2 is 1.90 bits per heavy atom. The molecule has 0 aliphatic rings. The third-order valence-corrected chi connectivity index (χ3v) is 4.59. The van der Waals surface area contributed by atoms with E-state index in [-0.39, 0.29) is 6.61 Å². The molecule has 3 rings (SSSR count). The predicted octanol–water partition coefficient (Wildman–Crippen LogP) is 5.02. The van der Waals surface area contributed by atoms with E-state index < -0.39 is 5.82 Å². The monoisotopic (exact) mass is 430 g/mol. The van der Waals surface area contributed by atoms with E-state index in [1.807, 2.05) is 43.3 Å². The molecule has 0 spiro atoms. The Bertz CT molecular complexity index is 921. The van der Waals surface area contributed by atoms with Crippen molar-refractivity contribution in [2.24, 2.45) is 0 Å². The van der Waals surface area contributed by atoms with Crippen LogP contribution in [0.4, 0.5) is 4.39 Å². The summed E-state index contributed by atoms with van der Waals surface area (Å²) in [5.41, 5.74) is 1.35. The maximum atomic E-state index is 14.0. The minimum atomic E-state index is -0.394. The van der Waals surface area contributed by atoms with Gasteiger partial charge in [-0.25, -0.2) is 9.37 Å². The zero-order valence-corrected chi connectivity index (χ0v) is 17.5. The summed E-state index contributed by atoms with van der Waals surface area (Å²) in [4.78, 5) is 4.11. The van der Waals surface area contributed by atoms with Crippen LogP contribution >= 0.6 is 11.6 Å². The zero-order chi connectivity index (χ0) is 21.2. The first-order valence-electron chi connectivity index (χ1n) is 9.73. The molecular formula is C23H24ClFN2O3. The van der Waals surface area contributed by atoms with E-state index in [1.165, 1.54) is 6.07 Å². The van der Waals surface area contributed by atoms with Gasteiger partial charge in [0.1, 0.15) is 19.0 Å². The first-order valence-corrected chi connectivity index (χ1v) is 10.1. The van der Waals surface area contributed by atoms with E-state index in [0.29, 0.717) is 54.3 Å². The lowest BCUT2D eigenvalue weighted by atomic mass is 10.2. The van der Waals surface area contributed by atoms with Crippen LogP contribution in [0.15, 0.2) is 60.8 Å². The van der Waals surface area contributed by atoms with Crippen molar-refractivity contribution >= 4 is 11.6 Å². The molecule has 7 heteroatoms. The maximum Gasteiger partial charge on any atom is 0.213 e. The SMILES string of the molecule is CCOc1cc(CNCCOc2ccccn2)ccc1OCc1c(F)cccc1Cl. The Hall–Kier alpha value is -2.83. The molecule has 158 valence electrons. The first-order chi connectivity index (χ1) is 14.7. The van der Waals surface area contributed by atoms with E-state index in [1.54, 1.807) is 18.3 Å². The molecule has 1 aromatic heterocycles. The Morgan fingerprint density at radius 1 is 1.00 bits per heavy atom. The van der Waals surface area contributed by atoms with Crippen LogP contribution in [0.5, 0.6) is 17.4 Å². The highest BCUT2D eigenvalue weighted by Gasteiger charge is 2.11. The van der Waals surface area contributed by atoms with E-state index >= 15 is 0 Å². The summed E-state index contributed by atoms with van der Waals surface area (Å²) in [6.07, 6.45) is 1.70. The third kappa shape index (κ3) is 6.34. The molecule has 30 heavy (non-hydrogen) atoms. The number of pyridine rings is 1. The number of aromatic nitrogens is 1. The normalized spacial score (nSPS) is 10.6. The van der Waals surface area contributed by atoms with E-state index in [4.69, 9.17) is 25.8 Å². The average molecular weight is 431 g/mol. The molecule has 0 aliphatic heterocycles. The number of hydrogen-bond acceptors (Lipinski definition) is 5. The van der Waals surface area contributed by atoms with Crippen LogP contribution in [0, 0.1) is 5.82 Å². The molecule has 1 heterocycles. The van der Waals surface area contributed by atoms with Gasteiger partial charge in [0.2, 0.25) is 5.88 Å². The van der Waals surface area contributed by atoms with Gasteiger partial charge in [-0.15, -0.1) is 0 Å². The Kier molecular flexibility index (Phi) is 8.30. The lowest BCUT2D eigenvalue weighted by Gasteiger charge is -2.15. The highest BCUT2D eigenvalue weighted by Crippen LogP contribution is 2.30. The number of benzene rings is 2. The minimum absolute atomic E-state index is 0.0219. The van der Waals surface area contributed by atoms with Crippen LogP contribution in [0.2, 0.25) is 5.02 Å². The highest BCUT2D eigenvalue weighted by atomic mass is 35.5. The van der Waals surface area contributed by atoms with Gasteiger partial charge in [-0.1, -0.05) is 29.8 Å². The van der Waals surface area contributed by atoms with Gasteiger partial charge in [-0.2, -0.15) is 0 Å². The second-order valence-electron chi connectivity index (χ2n) is 6.40. The second kappa shape index (κ2) is 11.4. The lowest BCUT2D eigenvalue weighted by molar-refractivity contribution is 0.265. The highest BCUT2D eigenvalue weighted by molar-refractivity contribution is 6.31. The fourth-order valence-corrected chi connectivity index (χ4v) is 2.98. The van der Waals surface area contributed by atoms with Crippen molar-refractivity contribution in [3.05, 3.63) is 82.8 Å². The van der Waals surface area contributed by atoms with Crippen LogP contribution in [-0.4, -0.2) is 24.7 Å². The largest absolute Gasteiger partial charge is 0.490 e. The third-order valence-electron chi connectivity index (χ3n) is 4.24. The Balaban J connectivity index is 1.53. The van der Waals surface area contributed by atoms with E-state index in [9.17, 15) is 4.39 Å². The van der Waals surface area contributed by atoms with Crippen LogP contribution < -0.4 is 19.5 Å². The van der Waals surface area contributed by atoms with E-state index in [2.05, 4.69) is 10.3 Å². The molecular weight excluding hydrogens is 407 g/mol. The molecule has 0 aliphatic carbocycles. The van der Waals surface area contributed by atoms with Crippen molar-refractivity contribution < 1.29 is 18.6 Å². The van der Waals surface area contributed by atoms with Gasteiger partial charge in [0.15, 0.2) is 11.5 Å². The van der Waals surface area contributed by atoms with Crippen molar-refractivity contribution in [2.75, 3.05) is 19.8 Å². The zero-order valence-electron chi connectivity index (χ0n) is 16.7. The summed E-state index contributed by atoms with van der Waals surface area (Å²) in [7, 11) is 0. The van der Waals surface area contributed by atoms with Gasteiger partial charge >= 0.3 is 0 Å². The van der Waals surface area contributed by atoms with Crippen molar-refractivity contribution in [2.45, 2.75) is 20.1 Å². The van der Waals surface area contributed by atoms with Crippen LogP contribution in [-0.2, 0) is 13.2 Å². The molecule has 1 N–H and O–H groups in total. The molecule has 0 saturated heterocycles. The fraction of sp³-hybridized carbons (Fsp3) is 0.261. The maximum absolute atomic E-state index is 14.0. The summed E-state index contributed by atoms with van der Waals surface area (Å²) in [6.45, 7) is 4.24. The van der Waals surface area contributed by atoms with Crippen molar-refractivity contribution in [3.63, 3.8) is 0 Å². The number of ether oxygens (including phenoxy) is 3. The van der Waals surface area contributed by atoms with Gasteiger partial charge in [0.05, 0.1) is 11.6 Å². The van der Waals surface area contributed by atoms with Gasteiger partial charge < -0.3 is 19.5 Å². The summed E-state index contributed by atoms with van der Waals surface area (Å²) < 4.78 is 31.0. The molecule has 0 fully saturated rings. The van der Waals surface area contributed by atoms with Crippen molar-refractivity contribution in [3.8, 4) is 17.4 Å². The summed E-state index contributed by atoms with van der Waals surface area (Å²) >= 11 is 6.07. The Morgan fingerprint density at radius 3 is 2.67 bits per heavy atom. The lowest BCUT2D eigenvalue weighted by Crippen LogP contribution is -2.20. The smallest absolute Gasteiger partial charge is 0.213 e. The number of halogens is 2. The minimum Gasteiger partial charge on any atom is -0.490 e. The van der Waals surface area contributed by atoms with Crippen molar-refractivity contribution in [1.82, 2.24) is 10.3 Å². The molecule has 0 bridgehead atoms. The van der Waals surface area contributed by atoms with E-state index in [0.717, 1.165) is 5.56 Å². The van der Waals surface area contributed by atoms with Crippen LogP contribution in [0.1, 0.15) is 18.1 Å². The summed E-state index contributed by atoms with van der Waals surface area (Å²) in [6, 6.07) is 15.8. The number of hydrogen-bond donors (Lipinski definition) is 1. The number of nitrogens with zero attached hydrogens (tertiary/aromatic N) is 1. The van der Waals surface area contributed by atoms with Crippen LogP contribution in [0.25, 0.3) is 0 Å². The molecule has 0 atom stereocenters. The van der Waals surface area contributed by atoms with Gasteiger partial charge in [0.25, 0.3) is 0 Å². The van der Waals surface area contributed by atoms with Gasteiger partial charge in [-0.05, 0) is 42.8 Å². The predicted molar refractivity (Wildman–Crippen MR) is 115 cm³/mol. The molecule has 0 amide bonds. The molecule has 5 nitrogen and oxygen atoms in total. The van der Waals surface area contributed by atoms with Crippen molar-refractivity contribution in [1.29, 1.82) is 0 Å². The Labute approximate surface area is 180 Å². The molecule has 3 aromatic rings. The molecule has 0 unspecified atom stereocenters. The fourth-order valence-electron chi connectivity index (χ4n) is 2.76.